The summed E-state index contributed by atoms with van der Waals surface area (Å²) in [6, 6.07) is 7.54. The van der Waals surface area contributed by atoms with Crippen LogP contribution in [-0.4, -0.2) is 40.1 Å². The van der Waals surface area contributed by atoms with Crippen molar-refractivity contribution in [3.8, 4) is 0 Å². The molecule has 0 aromatic heterocycles. The maximum absolute atomic E-state index is 11.5. The van der Waals surface area contributed by atoms with Crippen LogP contribution in [0.1, 0.15) is 43.7 Å². The van der Waals surface area contributed by atoms with Gasteiger partial charge in [-0.05, 0) is 49.8 Å². The SMILES string of the molecule is CS(=O)(=O)c1ccc(C2CCCC(NCC3CCCO3)N2)cc1. The first-order chi connectivity index (χ1) is 11.0. The van der Waals surface area contributed by atoms with Crippen molar-refractivity contribution in [2.24, 2.45) is 0 Å². The summed E-state index contributed by atoms with van der Waals surface area (Å²) in [6.07, 6.45) is 7.57. The molecule has 1 aromatic carbocycles. The zero-order valence-electron chi connectivity index (χ0n) is 13.6. The van der Waals surface area contributed by atoms with Crippen LogP contribution in [0.4, 0.5) is 0 Å². The predicted molar refractivity (Wildman–Crippen MR) is 90.0 cm³/mol. The van der Waals surface area contributed by atoms with Crippen LogP contribution in [0.5, 0.6) is 0 Å². The summed E-state index contributed by atoms with van der Waals surface area (Å²) in [5.41, 5.74) is 1.15. The highest BCUT2D eigenvalue weighted by molar-refractivity contribution is 7.90. The normalized spacial score (nSPS) is 28.8. The molecule has 3 unspecified atom stereocenters. The number of benzene rings is 1. The van der Waals surface area contributed by atoms with E-state index in [0.717, 1.165) is 44.4 Å². The van der Waals surface area contributed by atoms with Crippen molar-refractivity contribution in [2.75, 3.05) is 19.4 Å². The summed E-state index contributed by atoms with van der Waals surface area (Å²) in [4.78, 5) is 0.380. The highest BCUT2D eigenvalue weighted by atomic mass is 32.2. The summed E-state index contributed by atoms with van der Waals surface area (Å²) in [5.74, 6) is 0. The topological polar surface area (TPSA) is 67.4 Å². The molecule has 1 aromatic rings. The second-order valence-corrected chi connectivity index (χ2v) is 8.60. The van der Waals surface area contributed by atoms with Crippen molar-refractivity contribution in [2.45, 2.75) is 55.3 Å². The van der Waals surface area contributed by atoms with E-state index in [2.05, 4.69) is 10.6 Å². The highest BCUT2D eigenvalue weighted by Gasteiger charge is 2.24. The van der Waals surface area contributed by atoms with Crippen molar-refractivity contribution >= 4 is 9.84 Å². The van der Waals surface area contributed by atoms with Crippen LogP contribution < -0.4 is 10.6 Å². The number of sulfone groups is 1. The minimum absolute atomic E-state index is 0.277. The number of rotatable bonds is 5. The average molecular weight is 338 g/mol. The van der Waals surface area contributed by atoms with Crippen LogP contribution in [0.15, 0.2) is 29.2 Å². The third-order valence-electron chi connectivity index (χ3n) is 4.71. The van der Waals surface area contributed by atoms with Gasteiger partial charge >= 0.3 is 0 Å². The predicted octanol–water partition coefficient (Wildman–Crippen LogP) is 2.00. The lowest BCUT2D eigenvalue weighted by molar-refractivity contribution is 0.103. The fraction of sp³-hybridized carbons (Fsp3) is 0.647. The van der Waals surface area contributed by atoms with Crippen LogP contribution >= 0.6 is 0 Å². The van der Waals surface area contributed by atoms with Crippen molar-refractivity contribution in [3.63, 3.8) is 0 Å². The number of ether oxygens (including phenoxy) is 1. The van der Waals surface area contributed by atoms with Gasteiger partial charge in [-0.2, -0.15) is 0 Å². The lowest BCUT2D eigenvalue weighted by Crippen LogP contribution is -2.48. The average Bonchev–Trinajstić information content (AvgIpc) is 3.06. The van der Waals surface area contributed by atoms with Gasteiger partial charge in [-0.1, -0.05) is 12.1 Å². The Balaban J connectivity index is 1.57. The van der Waals surface area contributed by atoms with Crippen molar-refractivity contribution < 1.29 is 13.2 Å². The summed E-state index contributed by atoms with van der Waals surface area (Å²) in [5, 5.41) is 7.20. The molecule has 3 atom stereocenters. The Kier molecular flexibility index (Phi) is 5.36. The molecule has 2 N–H and O–H groups in total. The number of nitrogens with one attached hydrogen (secondary N) is 2. The molecule has 0 saturated carbocycles. The second-order valence-electron chi connectivity index (χ2n) is 6.59. The fourth-order valence-corrected chi connectivity index (χ4v) is 4.02. The minimum Gasteiger partial charge on any atom is -0.377 e. The fourth-order valence-electron chi connectivity index (χ4n) is 3.39. The van der Waals surface area contributed by atoms with E-state index in [1.807, 2.05) is 12.1 Å². The van der Waals surface area contributed by atoms with E-state index in [1.54, 1.807) is 12.1 Å². The highest BCUT2D eigenvalue weighted by Crippen LogP contribution is 2.26. The third-order valence-corrected chi connectivity index (χ3v) is 5.84. The van der Waals surface area contributed by atoms with E-state index in [-0.39, 0.29) is 6.04 Å². The molecule has 128 valence electrons. The monoisotopic (exact) mass is 338 g/mol. The lowest BCUT2D eigenvalue weighted by Gasteiger charge is -2.32. The van der Waals surface area contributed by atoms with Crippen LogP contribution in [0.2, 0.25) is 0 Å². The molecule has 2 fully saturated rings. The quantitative estimate of drug-likeness (QED) is 0.859. The Morgan fingerprint density at radius 3 is 2.61 bits per heavy atom. The van der Waals surface area contributed by atoms with Crippen LogP contribution in [0.25, 0.3) is 0 Å². The molecule has 23 heavy (non-hydrogen) atoms. The van der Waals surface area contributed by atoms with Gasteiger partial charge in [0, 0.05) is 25.4 Å². The van der Waals surface area contributed by atoms with Gasteiger partial charge in [0.05, 0.1) is 17.2 Å². The van der Waals surface area contributed by atoms with Crippen LogP contribution in [0.3, 0.4) is 0 Å². The molecule has 2 aliphatic rings. The smallest absolute Gasteiger partial charge is 0.175 e. The lowest BCUT2D eigenvalue weighted by atomic mass is 9.96. The summed E-state index contributed by atoms with van der Waals surface area (Å²) in [7, 11) is -3.13. The molecule has 3 rings (SSSR count). The zero-order chi connectivity index (χ0) is 16.3. The second kappa shape index (κ2) is 7.30. The molecule has 5 nitrogen and oxygen atoms in total. The van der Waals surface area contributed by atoms with E-state index in [0.29, 0.717) is 17.2 Å². The largest absolute Gasteiger partial charge is 0.377 e. The number of hydrogen-bond acceptors (Lipinski definition) is 5. The van der Waals surface area contributed by atoms with Crippen molar-refractivity contribution in [1.29, 1.82) is 0 Å². The van der Waals surface area contributed by atoms with E-state index in [1.165, 1.54) is 12.7 Å². The van der Waals surface area contributed by atoms with Gasteiger partial charge in [-0.15, -0.1) is 0 Å². The molecule has 2 saturated heterocycles. The third kappa shape index (κ3) is 4.53. The molecular weight excluding hydrogens is 312 g/mol. The van der Waals surface area contributed by atoms with Gasteiger partial charge in [0.1, 0.15) is 0 Å². The molecule has 0 bridgehead atoms. The van der Waals surface area contributed by atoms with Gasteiger partial charge in [-0.25, -0.2) is 8.42 Å². The molecule has 2 heterocycles. The summed E-state index contributed by atoms with van der Waals surface area (Å²) >= 11 is 0. The molecule has 0 radical (unpaired) electrons. The van der Waals surface area contributed by atoms with Crippen LogP contribution in [0, 0.1) is 0 Å². The van der Waals surface area contributed by atoms with Gasteiger partial charge in [0.2, 0.25) is 0 Å². The van der Waals surface area contributed by atoms with E-state index < -0.39 is 9.84 Å². The summed E-state index contributed by atoms with van der Waals surface area (Å²) < 4.78 is 28.7. The Morgan fingerprint density at radius 1 is 1.17 bits per heavy atom. The molecule has 0 amide bonds. The first-order valence-electron chi connectivity index (χ1n) is 8.43. The Hall–Kier alpha value is -0.950. The Bertz CT molecular complexity index is 609. The van der Waals surface area contributed by atoms with E-state index in [4.69, 9.17) is 4.74 Å². The maximum atomic E-state index is 11.5. The van der Waals surface area contributed by atoms with Gasteiger partial charge in [-0.3, -0.25) is 10.6 Å². The molecule has 0 spiro atoms. The Labute approximate surface area is 138 Å². The standard InChI is InChI=1S/C17H26N2O3S/c1-23(20,21)15-9-7-13(8-10-15)16-5-2-6-17(19-16)18-12-14-4-3-11-22-14/h7-10,14,16-19H,2-6,11-12H2,1H3. The van der Waals surface area contributed by atoms with E-state index in [9.17, 15) is 8.42 Å². The van der Waals surface area contributed by atoms with Crippen LogP contribution in [-0.2, 0) is 14.6 Å². The van der Waals surface area contributed by atoms with Crippen molar-refractivity contribution in [1.82, 2.24) is 10.6 Å². The maximum Gasteiger partial charge on any atom is 0.175 e. The molecular formula is C17H26N2O3S. The first kappa shape index (κ1) is 16.9. The number of piperidine rings is 1. The zero-order valence-corrected chi connectivity index (χ0v) is 14.4. The van der Waals surface area contributed by atoms with Gasteiger partial charge in [0.25, 0.3) is 0 Å². The van der Waals surface area contributed by atoms with Gasteiger partial charge < -0.3 is 4.74 Å². The Morgan fingerprint density at radius 2 is 1.96 bits per heavy atom. The van der Waals surface area contributed by atoms with Crippen molar-refractivity contribution in [3.05, 3.63) is 29.8 Å². The molecule has 0 aliphatic carbocycles. The molecule has 6 heteroatoms. The minimum atomic E-state index is -3.13. The van der Waals surface area contributed by atoms with E-state index >= 15 is 0 Å². The van der Waals surface area contributed by atoms with Gasteiger partial charge in [0.15, 0.2) is 9.84 Å². The molecule has 2 aliphatic heterocycles. The summed E-state index contributed by atoms with van der Waals surface area (Å²) in [6.45, 7) is 1.79. The number of hydrogen-bond donors (Lipinski definition) is 2. The first-order valence-corrected chi connectivity index (χ1v) is 10.3.